The summed E-state index contributed by atoms with van der Waals surface area (Å²) in [7, 11) is 0. The maximum atomic E-state index is 12.8. The van der Waals surface area contributed by atoms with Gasteiger partial charge in [0.05, 0.1) is 18.9 Å². The zero-order valence-corrected chi connectivity index (χ0v) is 22.2. The van der Waals surface area contributed by atoms with Gasteiger partial charge in [0.1, 0.15) is 5.60 Å². The Bertz CT molecular complexity index is 793. The number of hydrogen-bond donors (Lipinski definition) is 1. The van der Waals surface area contributed by atoms with E-state index in [0.717, 1.165) is 19.3 Å². The van der Waals surface area contributed by atoms with Crippen molar-refractivity contribution in [2.45, 2.75) is 84.8 Å². The van der Waals surface area contributed by atoms with Crippen molar-refractivity contribution in [1.29, 1.82) is 0 Å². The van der Waals surface area contributed by atoms with E-state index in [2.05, 4.69) is 5.32 Å². The summed E-state index contributed by atoms with van der Waals surface area (Å²) in [6.45, 7) is 13.4. The number of nitrogens with one attached hydrogen (secondary N) is 1. The standard InChI is InChI=1S/C26H43N3O6/c1-7-34-22(31)17-26(5,6)27-23(32)20-9-8-14-29(18-20)21(30)11-10-19-12-15-28(16-13-19)24(33)35-25(2,3)4/h10-11,19-20H,7-9,12-18H2,1-6H3,(H,27,32)/b11-10+/t20-/m1/s1. The molecule has 2 aliphatic rings. The third-order valence-corrected chi connectivity index (χ3v) is 6.16. The number of esters is 1. The van der Waals surface area contributed by atoms with Gasteiger partial charge in [-0.15, -0.1) is 0 Å². The number of allylic oxidation sites excluding steroid dienone is 1. The van der Waals surface area contributed by atoms with Crippen LogP contribution >= 0.6 is 0 Å². The maximum Gasteiger partial charge on any atom is 0.410 e. The van der Waals surface area contributed by atoms with Gasteiger partial charge in [0.25, 0.3) is 0 Å². The van der Waals surface area contributed by atoms with E-state index < -0.39 is 11.1 Å². The largest absolute Gasteiger partial charge is 0.466 e. The lowest BCUT2D eigenvalue weighted by molar-refractivity contribution is -0.144. The Hall–Kier alpha value is -2.58. The third kappa shape index (κ3) is 9.90. The zero-order valence-electron chi connectivity index (χ0n) is 22.2. The van der Waals surface area contributed by atoms with Crippen molar-refractivity contribution in [2.24, 2.45) is 11.8 Å². The molecule has 0 aliphatic carbocycles. The molecule has 2 saturated heterocycles. The first-order valence-corrected chi connectivity index (χ1v) is 12.7. The number of amides is 3. The van der Waals surface area contributed by atoms with Crippen LogP contribution in [0.5, 0.6) is 0 Å². The summed E-state index contributed by atoms with van der Waals surface area (Å²) in [5.74, 6) is -0.664. The molecule has 2 aliphatic heterocycles. The van der Waals surface area contributed by atoms with Crippen LogP contribution in [0, 0.1) is 11.8 Å². The van der Waals surface area contributed by atoms with Crippen LogP contribution in [0.3, 0.4) is 0 Å². The van der Waals surface area contributed by atoms with E-state index in [1.54, 1.807) is 36.6 Å². The number of nitrogens with zero attached hydrogens (tertiary/aromatic N) is 2. The molecule has 0 radical (unpaired) electrons. The van der Waals surface area contributed by atoms with Crippen LogP contribution in [0.15, 0.2) is 12.2 Å². The van der Waals surface area contributed by atoms with Gasteiger partial charge >= 0.3 is 12.1 Å². The first kappa shape index (κ1) is 28.7. The van der Waals surface area contributed by atoms with Crippen molar-refractivity contribution in [1.82, 2.24) is 15.1 Å². The molecular weight excluding hydrogens is 450 g/mol. The van der Waals surface area contributed by atoms with E-state index in [1.807, 2.05) is 26.8 Å². The SMILES string of the molecule is CCOC(=O)CC(C)(C)NC(=O)[C@@H]1CCCN(C(=O)/C=C/C2CCN(C(=O)OC(C)(C)C)CC2)C1. The molecule has 9 nitrogen and oxygen atoms in total. The Balaban J connectivity index is 1.82. The molecule has 0 saturated carbocycles. The van der Waals surface area contributed by atoms with Gasteiger partial charge < -0.3 is 24.6 Å². The molecule has 0 aromatic carbocycles. The second-order valence-corrected chi connectivity index (χ2v) is 11.1. The Morgan fingerprint density at radius 2 is 1.63 bits per heavy atom. The second kappa shape index (κ2) is 12.4. The van der Waals surface area contributed by atoms with E-state index in [0.29, 0.717) is 39.2 Å². The molecule has 0 unspecified atom stereocenters. The number of rotatable bonds is 7. The summed E-state index contributed by atoms with van der Waals surface area (Å²) in [5, 5.41) is 2.95. The monoisotopic (exact) mass is 493 g/mol. The van der Waals surface area contributed by atoms with Crippen molar-refractivity contribution in [2.75, 3.05) is 32.8 Å². The molecule has 0 bridgehead atoms. The van der Waals surface area contributed by atoms with Gasteiger partial charge in [-0.3, -0.25) is 14.4 Å². The van der Waals surface area contributed by atoms with Crippen molar-refractivity contribution >= 4 is 23.9 Å². The lowest BCUT2D eigenvalue weighted by Gasteiger charge is -2.34. The number of piperidine rings is 2. The van der Waals surface area contributed by atoms with E-state index in [1.165, 1.54) is 0 Å². The molecule has 35 heavy (non-hydrogen) atoms. The van der Waals surface area contributed by atoms with Crippen molar-refractivity contribution in [3.8, 4) is 0 Å². The summed E-state index contributed by atoms with van der Waals surface area (Å²) in [5.41, 5.74) is -1.23. The van der Waals surface area contributed by atoms with Gasteiger partial charge in [-0.25, -0.2) is 4.79 Å². The smallest absolute Gasteiger partial charge is 0.410 e. The summed E-state index contributed by atoms with van der Waals surface area (Å²) >= 11 is 0. The quantitative estimate of drug-likeness (QED) is 0.431. The molecule has 2 rings (SSSR count). The van der Waals surface area contributed by atoms with Crippen LogP contribution in [0.2, 0.25) is 0 Å². The minimum atomic E-state index is -0.719. The summed E-state index contributed by atoms with van der Waals surface area (Å²) < 4.78 is 10.4. The minimum absolute atomic E-state index is 0.0946. The Labute approximate surface area is 209 Å². The van der Waals surface area contributed by atoms with Crippen LogP contribution in [-0.2, 0) is 23.9 Å². The molecule has 198 valence electrons. The average Bonchev–Trinajstić information content (AvgIpc) is 2.76. The summed E-state index contributed by atoms with van der Waals surface area (Å²) in [6.07, 6.45) is 6.37. The van der Waals surface area contributed by atoms with Crippen molar-refractivity contribution < 1.29 is 28.7 Å². The highest BCUT2D eigenvalue weighted by atomic mass is 16.6. The molecule has 0 aromatic rings. The Kier molecular flexibility index (Phi) is 10.2. The summed E-state index contributed by atoms with van der Waals surface area (Å²) in [4.78, 5) is 53.1. The van der Waals surface area contributed by atoms with Gasteiger partial charge in [-0.05, 0) is 79.2 Å². The van der Waals surface area contributed by atoms with Gasteiger partial charge in [0.2, 0.25) is 11.8 Å². The van der Waals surface area contributed by atoms with Gasteiger partial charge in [-0.1, -0.05) is 6.08 Å². The first-order valence-electron chi connectivity index (χ1n) is 12.7. The molecule has 2 fully saturated rings. The topological polar surface area (TPSA) is 105 Å². The molecule has 9 heteroatoms. The fourth-order valence-electron chi connectivity index (χ4n) is 4.37. The summed E-state index contributed by atoms with van der Waals surface area (Å²) in [6, 6.07) is 0. The van der Waals surface area contributed by atoms with E-state index in [4.69, 9.17) is 9.47 Å². The fraction of sp³-hybridized carbons (Fsp3) is 0.769. The lowest BCUT2D eigenvalue weighted by Crippen LogP contribution is -2.51. The highest BCUT2D eigenvalue weighted by Crippen LogP contribution is 2.22. The molecule has 2 heterocycles. The van der Waals surface area contributed by atoms with Gasteiger partial charge in [0.15, 0.2) is 0 Å². The highest BCUT2D eigenvalue weighted by molar-refractivity contribution is 5.88. The molecule has 0 aromatic heterocycles. The van der Waals surface area contributed by atoms with Crippen LogP contribution in [-0.4, -0.2) is 77.6 Å². The van der Waals surface area contributed by atoms with Crippen molar-refractivity contribution in [3.63, 3.8) is 0 Å². The third-order valence-electron chi connectivity index (χ3n) is 6.16. The Morgan fingerprint density at radius 3 is 2.23 bits per heavy atom. The predicted molar refractivity (Wildman–Crippen MR) is 132 cm³/mol. The Morgan fingerprint density at radius 1 is 0.971 bits per heavy atom. The molecular formula is C26H43N3O6. The van der Waals surface area contributed by atoms with Crippen LogP contribution in [0.25, 0.3) is 0 Å². The van der Waals surface area contributed by atoms with Gasteiger partial charge in [-0.2, -0.15) is 0 Å². The number of ether oxygens (including phenoxy) is 2. The number of hydrogen-bond acceptors (Lipinski definition) is 6. The second-order valence-electron chi connectivity index (χ2n) is 11.1. The first-order chi connectivity index (χ1) is 16.3. The number of carbonyl (C=O) groups excluding carboxylic acids is 4. The fourth-order valence-corrected chi connectivity index (χ4v) is 4.37. The van der Waals surface area contributed by atoms with Crippen LogP contribution < -0.4 is 5.32 Å². The minimum Gasteiger partial charge on any atom is -0.466 e. The van der Waals surface area contributed by atoms with Crippen molar-refractivity contribution in [3.05, 3.63) is 12.2 Å². The number of carbonyl (C=O) groups is 4. The van der Waals surface area contributed by atoms with Gasteiger partial charge in [0, 0.05) is 31.7 Å². The van der Waals surface area contributed by atoms with E-state index in [9.17, 15) is 19.2 Å². The van der Waals surface area contributed by atoms with E-state index in [-0.39, 0.29) is 42.1 Å². The zero-order chi connectivity index (χ0) is 26.2. The molecule has 0 spiro atoms. The molecule has 1 atom stereocenters. The van der Waals surface area contributed by atoms with Crippen LogP contribution in [0.4, 0.5) is 4.79 Å². The lowest BCUT2D eigenvalue weighted by atomic mass is 9.93. The van der Waals surface area contributed by atoms with E-state index >= 15 is 0 Å². The number of likely N-dealkylation sites (tertiary alicyclic amines) is 2. The average molecular weight is 494 g/mol. The normalized spacial score (nSPS) is 20.0. The predicted octanol–water partition coefficient (Wildman–Crippen LogP) is 3.28. The molecule has 3 amide bonds. The van der Waals surface area contributed by atoms with Crippen LogP contribution in [0.1, 0.15) is 73.6 Å². The maximum absolute atomic E-state index is 12.8. The highest BCUT2D eigenvalue weighted by Gasteiger charge is 2.32. The molecule has 1 N–H and O–H groups in total.